The van der Waals surface area contributed by atoms with Crippen molar-refractivity contribution in [3.8, 4) is 0 Å². The predicted octanol–water partition coefficient (Wildman–Crippen LogP) is 0.676. The summed E-state index contributed by atoms with van der Waals surface area (Å²) in [5.74, 6) is 0.706. The van der Waals surface area contributed by atoms with E-state index in [0.29, 0.717) is 12.4 Å². The van der Waals surface area contributed by atoms with Gasteiger partial charge in [0.05, 0.1) is 0 Å². The molecule has 0 saturated carbocycles. The molecule has 1 aliphatic heterocycles. The Hall–Kier alpha value is -2.15. The summed E-state index contributed by atoms with van der Waals surface area (Å²) in [5.41, 5.74) is 0.929. The fourth-order valence-corrected chi connectivity index (χ4v) is 2.38. The Morgan fingerprint density at radius 2 is 2.00 bits per heavy atom. The highest BCUT2D eigenvalue weighted by Crippen LogP contribution is 2.08. The third kappa shape index (κ3) is 4.70. The summed E-state index contributed by atoms with van der Waals surface area (Å²) in [5, 5.41) is 5.56. The van der Waals surface area contributed by atoms with Crippen molar-refractivity contribution in [2.75, 3.05) is 44.6 Å². The van der Waals surface area contributed by atoms with Crippen LogP contribution in [0.3, 0.4) is 0 Å². The van der Waals surface area contributed by atoms with E-state index in [4.69, 9.17) is 0 Å². The fraction of sp³-hybridized carbons (Fsp3) is 0.533. The number of urea groups is 1. The van der Waals surface area contributed by atoms with Crippen LogP contribution in [0.2, 0.25) is 0 Å². The van der Waals surface area contributed by atoms with E-state index in [-0.39, 0.29) is 11.9 Å². The van der Waals surface area contributed by atoms with Gasteiger partial charge in [0.25, 0.3) is 0 Å². The number of pyridine rings is 1. The number of nitrogens with one attached hydrogen (secondary N) is 2. The minimum atomic E-state index is -0.246. The van der Waals surface area contributed by atoms with E-state index in [1.807, 2.05) is 24.0 Å². The second kappa shape index (κ2) is 7.74. The first-order valence-corrected chi connectivity index (χ1v) is 7.50. The molecule has 1 fully saturated rings. The van der Waals surface area contributed by atoms with E-state index in [9.17, 15) is 9.59 Å². The molecule has 2 heterocycles. The first-order valence-electron chi connectivity index (χ1n) is 7.50. The van der Waals surface area contributed by atoms with Crippen LogP contribution in [0.1, 0.15) is 12.5 Å². The van der Waals surface area contributed by atoms with Gasteiger partial charge < -0.3 is 10.2 Å². The summed E-state index contributed by atoms with van der Waals surface area (Å²) < 4.78 is 0. The molecule has 0 spiro atoms. The SMILES string of the molecule is CC(=O)N1CCN(CCNC(=O)Nc2ncccc2C)CC1. The van der Waals surface area contributed by atoms with Crippen LogP contribution in [-0.4, -0.2) is 66.0 Å². The number of nitrogens with zero attached hydrogens (tertiary/aromatic N) is 3. The average molecular weight is 305 g/mol. The summed E-state index contributed by atoms with van der Waals surface area (Å²) in [6.45, 7) is 8.06. The molecule has 7 heteroatoms. The zero-order valence-corrected chi connectivity index (χ0v) is 13.1. The lowest BCUT2D eigenvalue weighted by Gasteiger charge is -2.34. The third-order valence-electron chi connectivity index (χ3n) is 3.77. The van der Waals surface area contributed by atoms with Gasteiger partial charge in [-0.15, -0.1) is 0 Å². The largest absolute Gasteiger partial charge is 0.340 e. The summed E-state index contributed by atoms with van der Waals surface area (Å²) in [6.07, 6.45) is 1.65. The Balaban J connectivity index is 1.66. The number of carbonyl (C=O) groups excluding carboxylic acids is 2. The first kappa shape index (κ1) is 16.2. The monoisotopic (exact) mass is 305 g/mol. The topological polar surface area (TPSA) is 77.6 Å². The van der Waals surface area contributed by atoms with Crippen molar-refractivity contribution in [3.63, 3.8) is 0 Å². The van der Waals surface area contributed by atoms with Gasteiger partial charge in [-0.2, -0.15) is 0 Å². The number of amides is 3. The van der Waals surface area contributed by atoms with Crippen molar-refractivity contribution in [3.05, 3.63) is 23.9 Å². The number of hydrogen-bond acceptors (Lipinski definition) is 4. The molecule has 0 radical (unpaired) electrons. The molecular formula is C15H23N5O2. The molecule has 0 aromatic carbocycles. The van der Waals surface area contributed by atoms with Crippen molar-refractivity contribution in [1.29, 1.82) is 0 Å². The third-order valence-corrected chi connectivity index (χ3v) is 3.77. The smallest absolute Gasteiger partial charge is 0.320 e. The van der Waals surface area contributed by atoms with Gasteiger partial charge in [-0.3, -0.25) is 15.0 Å². The van der Waals surface area contributed by atoms with Gasteiger partial charge in [-0.25, -0.2) is 9.78 Å². The van der Waals surface area contributed by atoms with Crippen molar-refractivity contribution >= 4 is 17.8 Å². The lowest BCUT2D eigenvalue weighted by Crippen LogP contribution is -2.49. The number of anilines is 1. The number of hydrogen-bond donors (Lipinski definition) is 2. The maximum Gasteiger partial charge on any atom is 0.320 e. The van der Waals surface area contributed by atoms with Gasteiger partial charge in [-0.1, -0.05) is 6.07 Å². The normalized spacial score (nSPS) is 15.5. The Labute approximate surface area is 130 Å². The maximum atomic E-state index is 11.8. The molecule has 2 rings (SSSR count). The Kier molecular flexibility index (Phi) is 5.71. The van der Waals surface area contributed by atoms with Gasteiger partial charge in [0.15, 0.2) is 0 Å². The van der Waals surface area contributed by atoms with Crippen LogP contribution in [0.5, 0.6) is 0 Å². The molecule has 1 aliphatic rings. The molecule has 0 bridgehead atoms. The molecule has 7 nitrogen and oxygen atoms in total. The van der Waals surface area contributed by atoms with Gasteiger partial charge >= 0.3 is 6.03 Å². The molecule has 2 N–H and O–H groups in total. The average Bonchev–Trinajstić information content (AvgIpc) is 2.50. The van der Waals surface area contributed by atoms with E-state index in [1.165, 1.54) is 0 Å². The van der Waals surface area contributed by atoms with Gasteiger partial charge in [0.2, 0.25) is 5.91 Å². The molecule has 1 aromatic heterocycles. The minimum Gasteiger partial charge on any atom is -0.340 e. The number of carbonyl (C=O) groups is 2. The zero-order valence-electron chi connectivity index (χ0n) is 13.1. The van der Waals surface area contributed by atoms with Crippen LogP contribution in [0.15, 0.2) is 18.3 Å². The highest BCUT2D eigenvalue weighted by molar-refractivity contribution is 5.88. The van der Waals surface area contributed by atoms with Gasteiger partial charge in [0, 0.05) is 52.4 Å². The van der Waals surface area contributed by atoms with E-state index in [1.54, 1.807) is 13.1 Å². The highest BCUT2D eigenvalue weighted by atomic mass is 16.2. The highest BCUT2D eigenvalue weighted by Gasteiger charge is 2.18. The molecule has 0 aliphatic carbocycles. The molecule has 0 unspecified atom stereocenters. The van der Waals surface area contributed by atoms with Crippen LogP contribution in [0.4, 0.5) is 10.6 Å². The Morgan fingerprint density at radius 1 is 1.27 bits per heavy atom. The quantitative estimate of drug-likeness (QED) is 0.857. The van der Waals surface area contributed by atoms with Crippen molar-refractivity contribution in [2.45, 2.75) is 13.8 Å². The zero-order chi connectivity index (χ0) is 15.9. The summed E-state index contributed by atoms with van der Waals surface area (Å²) in [7, 11) is 0. The van der Waals surface area contributed by atoms with E-state index in [2.05, 4.69) is 20.5 Å². The Bertz CT molecular complexity index is 526. The first-order chi connectivity index (χ1) is 10.6. The summed E-state index contributed by atoms with van der Waals surface area (Å²) in [4.78, 5) is 31.3. The van der Waals surface area contributed by atoms with Crippen LogP contribution >= 0.6 is 0 Å². The van der Waals surface area contributed by atoms with Crippen molar-refractivity contribution in [2.24, 2.45) is 0 Å². The second-order valence-electron chi connectivity index (χ2n) is 5.40. The van der Waals surface area contributed by atoms with E-state index < -0.39 is 0 Å². The lowest BCUT2D eigenvalue weighted by atomic mass is 10.3. The standard InChI is InChI=1S/C15H23N5O2/c1-12-4-3-5-16-14(12)18-15(22)17-6-7-19-8-10-20(11-9-19)13(2)21/h3-5H,6-11H2,1-2H3,(H2,16,17,18,22). The van der Waals surface area contributed by atoms with Crippen LogP contribution in [-0.2, 0) is 4.79 Å². The minimum absolute atomic E-state index is 0.128. The van der Waals surface area contributed by atoms with E-state index in [0.717, 1.165) is 38.3 Å². The number of piperazine rings is 1. The Morgan fingerprint density at radius 3 is 2.64 bits per heavy atom. The lowest BCUT2D eigenvalue weighted by molar-refractivity contribution is -0.130. The van der Waals surface area contributed by atoms with Crippen molar-refractivity contribution in [1.82, 2.24) is 20.1 Å². The van der Waals surface area contributed by atoms with Gasteiger partial charge in [0.1, 0.15) is 5.82 Å². The molecular weight excluding hydrogens is 282 g/mol. The summed E-state index contributed by atoms with van der Waals surface area (Å²) >= 11 is 0. The number of rotatable bonds is 4. The van der Waals surface area contributed by atoms with Crippen LogP contribution in [0, 0.1) is 6.92 Å². The predicted molar refractivity (Wildman–Crippen MR) is 84.7 cm³/mol. The molecule has 3 amide bonds. The molecule has 0 atom stereocenters. The molecule has 1 saturated heterocycles. The number of aryl methyl sites for hydroxylation is 1. The summed E-state index contributed by atoms with van der Waals surface area (Å²) in [6, 6.07) is 3.49. The van der Waals surface area contributed by atoms with E-state index >= 15 is 0 Å². The maximum absolute atomic E-state index is 11.8. The molecule has 120 valence electrons. The van der Waals surface area contributed by atoms with Gasteiger partial charge in [-0.05, 0) is 18.6 Å². The second-order valence-corrected chi connectivity index (χ2v) is 5.40. The molecule has 22 heavy (non-hydrogen) atoms. The number of aromatic nitrogens is 1. The van der Waals surface area contributed by atoms with Crippen LogP contribution < -0.4 is 10.6 Å². The molecule has 1 aromatic rings. The van der Waals surface area contributed by atoms with Crippen LogP contribution in [0.25, 0.3) is 0 Å². The van der Waals surface area contributed by atoms with Crippen molar-refractivity contribution < 1.29 is 9.59 Å². The fourth-order valence-electron chi connectivity index (χ4n) is 2.38.